The summed E-state index contributed by atoms with van der Waals surface area (Å²) in [6.07, 6.45) is -1.26. The molecule has 0 atom stereocenters. The number of rotatable bonds is 4. The van der Waals surface area contributed by atoms with Crippen molar-refractivity contribution >= 4 is 28.3 Å². The molecule has 4 nitrogen and oxygen atoms in total. The van der Waals surface area contributed by atoms with Crippen LogP contribution in [0.1, 0.15) is 52.9 Å². The number of aromatic amines is 1. The predicted molar refractivity (Wildman–Crippen MR) is 108 cm³/mol. The van der Waals surface area contributed by atoms with Crippen molar-refractivity contribution < 1.29 is 27.2 Å². The van der Waals surface area contributed by atoms with Gasteiger partial charge in [-0.1, -0.05) is 18.9 Å². The normalized spacial score (nSPS) is 14.9. The van der Waals surface area contributed by atoms with Crippen LogP contribution in [0.5, 0.6) is 0 Å². The highest BCUT2D eigenvalue weighted by molar-refractivity contribution is 6.18. The summed E-state index contributed by atoms with van der Waals surface area (Å²) in [7, 11) is 0. The minimum Gasteiger partial charge on any atom is -0.358 e. The average Bonchev–Trinajstić information content (AvgIpc) is 3.34. The molecule has 2 N–H and O–H groups in total. The molecule has 0 bridgehead atoms. The Kier molecular flexibility index (Phi) is 5.33. The second-order valence-corrected chi connectivity index (χ2v) is 7.85. The molecule has 1 fully saturated rings. The van der Waals surface area contributed by atoms with E-state index in [1.54, 1.807) is 12.1 Å². The summed E-state index contributed by atoms with van der Waals surface area (Å²) in [6, 6.07) is 7.27. The molecular weight excluding hydrogens is 412 g/mol. The molecule has 162 valence electrons. The monoisotopic (exact) mass is 432 g/mol. The van der Waals surface area contributed by atoms with Gasteiger partial charge in [0.05, 0.1) is 16.7 Å². The van der Waals surface area contributed by atoms with Gasteiger partial charge in [0.2, 0.25) is 5.91 Å². The lowest BCUT2D eigenvalue weighted by atomic mass is 9.95. The van der Waals surface area contributed by atoms with E-state index in [2.05, 4.69) is 10.3 Å². The summed E-state index contributed by atoms with van der Waals surface area (Å²) in [6.45, 7) is 1.54. The molecule has 0 radical (unpaired) electrons. The number of anilines is 1. The number of ketones is 1. The van der Waals surface area contributed by atoms with Gasteiger partial charge < -0.3 is 10.3 Å². The number of nitrogens with one attached hydrogen (secondary N) is 2. The van der Waals surface area contributed by atoms with E-state index in [1.165, 1.54) is 13.0 Å². The highest BCUT2D eigenvalue weighted by atomic mass is 19.4. The van der Waals surface area contributed by atoms with Crippen LogP contribution in [-0.4, -0.2) is 16.7 Å². The first-order chi connectivity index (χ1) is 14.7. The Morgan fingerprint density at radius 1 is 1.06 bits per heavy atom. The highest BCUT2D eigenvalue weighted by Crippen LogP contribution is 2.36. The Labute approximate surface area is 175 Å². The van der Waals surface area contributed by atoms with Gasteiger partial charge in [0.15, 0.2) is 5.78 Å². The van der Waals surface area contributed by atoms with Crippen molar-refractivity contribution in [2.45, 2.75) is 38.8 Å². The number of hydrogen-bond donors (Lipinski definition) is 2. The Morgan fingerprint density at radius 2 is 1.77 bits per heavy atom. The molecule has 1 saturated carbocycles. The lowest BCUT2D eigenvalue weighted by molar-refractivity contribution is -0.138. The van der Waals surface area contributed by atoms with E-state index in [-0.39, 0.29) is 17.4 Å². The third-order valence-electron chi connectivity index (χ3n) is 5.75. The van der Waals surface area contributed by atoms with E-state index in [1.807, 2.05) is 0 Å². The van der Waals surface area contributed by atoms with Gasteiger partial charge in [0.1, 0.15) is 5.82 Å². The topological polar surface area (TPSA) is 62.0 Å². The van der Waals surface area contributed by atoms with E-state index >= 15 is 0 Å². The SMILES string of the molecule is Cc1[nH]c2ccc(NC(=O)C3CCCC3)cc2c1C(=O)c1c(F)cccc1C(F)(F)F. The zero-order valence-corrected chi connectivity index (χ0v) is 16.7. The quantitative estimate of drug-likeness (QED) is 0.393. The van der Waals surface area contributed by atoms with E-state index in [0.717, 1.165) is 37.8 Å². The van der Waals surface area contributed by atoms with Gasteiger partial charge >= 0.3 is 6.18 Å². The van der Waals surface area contributed by atoms with E-state index in [9.17, 15) is 27.2 Å². The molecule has 1 amide bonds. The minimum absolute atomic E-state index is 0.0532. The fourth-order valence-corrected chi connectivity index (χ4v) is 4.25. The van der Waals surface area contributed by atoms with Crippen molar-refractivity contribution in [2.24, 2.45) is 5.92 Å². The van der Waals surface area contributed by atoms with Gasteiger partial charge in [-0.3, -0.25) is 9.59 Å². The maximum absolute atomic E-state index is 14.4. The van der Waals surface area contributed by atoms with Crippen molar-refractivity contribution in [2.75, 3.05) is 5.32 Å². The van der Waals surface area contributed by atoms with Crippen LogP contribution in [-0.2, 0) is 11.0 Å². The second kappa shape index (κ2) is 7.83. The van der Waals surface area contributed by atoms with Gasteiger partial charge in [-0.25, -0.2) is 4.39 Å². The Hall–Kier alpha value is -3.16. The smallest absolute Gasteiger partial charge is 0.358 e. The molecule has 1 aromatic heterocycles. The molecule has 0 aliphatic heterocycles. The first kappa shape index (κ1) is 21.1. The van der Waals surface area contributed by atoms with Gasteiger partial charge in [0.25, 0.3) is 0 Å². The molecule has 0 saturated heterocycles. The summed E-state index contributed by atoms with van der Waals surface area (Å²) in [4.78, 5) is 28.5. The molecule has 0 spiro atoms. The van der Waals surface area contributed by atoms with Crippen molar-refractivity contribution in [1.29, 1.82) is 0 Å². The van der Waals surface area contributed by atoms with Crippen LogP contribution in [0.15, 0.2) is 36.4 Å². The van der Waals surface area contributed by atoms with Crippen LogP contribution in [0.2, 0.25) is 0 Å². The number of halogens is 4. The molecule has 31 heavy (non-hydrogen) atoms. The number of H-pyrrole nitrogens is 1. The number of carbonyl (C=O) groups excluding carboxylic acids is 2. The molecule has 0 unspecified atom stereocenters. The number of fused-ring (bicyclic) bond motifs is 1. The van der Waals surface area contributed by atoms with Gasteiger partial charge in [-0.15, -0.1) is 0 Å². The Morgan fingerprint density at radius 3 is 2.45 bits per heavy atom. The largest absolute Gasteiger partial charge is 0.417 e. The van der Waals surface area contributed by atoms with E-state index in [4.69, 9.17) is 0 Å². The number of benzene rings is 2. The first-order valence-electron chi connectivity index (χ1n) is 10.0. The fraction of sp³-hybridized carbons (Fsp3) is 0.304. The summed E-state index contributed by atoms with van der Waals surface area (Å²) in [5.41, 5.74) is -1.14. The van der Waals surface area contributed by atoms with Gasteiger partial charge in [-0.05, 0) is 50.1 Å². The van der Waals surface area contributed by atoms with Crippen molar-refractivity contribution in [1.82, 2.24) is 4.98 Å². The third-order valence-corrected chi connectivity index (χ3v) is 5.75. The maximum Gasteiger partial charge on any atom is 0.417 e. The van der Waals surface area contributed by atoms with Gasteiger partial charge in [0, 0.05) is 28.2 Å². The van der Waals surface area contributed by atoms with Crippen molar-refractivity contribution in [3.05, 3.63) is 64.6 Å². The number of aryl methyl sites for hydroxylation is 1. The molecule has 8 heteroatoms. The predicted octanol–water partition coefficient (Wildman–Crippen LogP) is 5.99. The van der Waals surface area contributed by atoms with Crippen LogP contribution in [0.25, 0.3) is 10.9 Å². The van der Waals surface area contributed by atoms with Crippen LogP contribution in [0.3, 0.4) is 0 Å². The van der Waals surface area contributed by atoms with Crippen LogP contribution in [0.4, 0.5) is 23.2 Å². The van der Waals surface area contributed by atoms with Gasteiger partial charge in [-0.2, -0.15) is 13.2 Å². The minimum atomic E-state index is -4.88. The summed E-state index contributed by atoms with van der Waals surface area (Å²) < 4.78 is 54.7. The average molecular weight is 432 g/mol. The zero-order chi connectivity index (χ0) is 22.3. The lowest BCUT2D eigenvalue weighted by Crippen LogP contribution is -2.20. The van der Waals surface area contributed by atoms with Crippen molar-refractivity contribution in [3.63, 3.8) is 0 Å². The first-order valence-corrected chi connectivity index (χ1v) is 10.0. The number of carbonyl (C=O) groups is 2. The Bertz CT molecular complexity index is 1170. The van der Waals surface area contributed by atoms with E-state index in [0.29, 0.717) is 28.4 Å². The van der Waals surface area contributed by atoms with Crippen LogP contribution in [0, 0.1) is 18.7 Å². The summed E-state index contributed by atoms with van der Waals surface area (Å²) in [5, 5.41) is 3.14. The molecule has 2 aromatic carbocycles. The molecular formula is C23H20F4N2O2. The van der Waals surface area contributed by atoms with Crippen molar-refractivity contribution in [3.8, 4) is 0 Å². The standard InChI is InChI=1S/C23H20F4N2O2/c1-12-19(21(30)20-16(23(25,26)27)7-4-8-17(20)24)15-11-14(9-10-18(15)28-12)29-22(31)13-5-2-3-6-13/h4,7-11,13,28H,2-3,5-6H2,1H3,(H,29,31). The fourth-order valence-electron chi connectivity index (χ4n) is 4.25. The molecule has 1 aliphatic rings. The Balaban J connectivity index is 1.77. The molecule has 3 aromatic rings. The summed E-state index contributed by atoms with van der Waals surface area (Å²) in [5.74, 6) is -2.49. The summed E-state index contributed by atoms with van der Waals surface area (Å²) >= 11 is 0. The van der Waals surface area contributed by atoms with E-state index < -0.39 is 28.9 Å². The number of aromatic nitrogens is 1. The molecule has 4 rings (SSSR count). The number of amides is 1. The zero-order valence-electron chi connectivity index (χ0n) is 16.7. The highest BCUT2D eigenvalue weighted by Gasteiger charge is 2.37. The van der Waals surface area contributed by atoms with Crippen LogP contribution >= 0.6 is 0 Å². The lowest BCUT2D eigenvalue weighted by Gasteiger charge is -2.13. The molecule has 1 heterocycles. The second-order valence-electron chi connectivity index (χ2n) is 7.85. The van der Waals surface area contributed by atoms with Crippen LogP contribution < -0.4 is 5.32 Å². The third kappa shape index (κ3) is 3.94. The molecule has 1 aliphatic carbocycles. The number of alkyl halides is 3. The number of hydrogen-bond acceptors (Lipinski definition) is 2. The maximum atomic E-state index is 14.4.